The lowest BCUT2D eigenvalue weighted by Crippen LogP contribution is -2.52. The third kappa shape index (κ3) is 4.02. The summed E-state index contributed by atoms with van der Waals surface area (Å²) in [6, 6.07) is 8.66. The van der Waals surface area contributed by atoms with E-state index in [1.54, 1.807) is 24.4 Å². The summed E-state index contributed by atoms with van der Waals surface area (Å²) in [5, 5.41) is 3.09. The van der Waals surface area contributed by atoms with Crippen molar-refractivity contribution in [3.63, 3.8) is 0 Å². The van der Waals surface area contributed by atoms with Gasteiger partial charge in [-0.1, -0.05) is 0 Å². The van der Waals surface area contributed by atoms with Crippen LogP contribution in [0.25, 0.3) is 10.9 Å². The molecule has 2 aromatic carbocycles. The monoisotopic (exact) mass is 524 g/mol. The molecule has 0 radical (unpaired) electrons. The summed E-state index contributed by atoms with van der Waals surface area (Å²) in [4.78, 5) is 41.7. The Hall–Kier alpha value is -3.57. The number of carbonyl (C=O) groups is 3. The van der Waals surface area contributed by atoms with Crippen molar-refractivity contribution in [2.45, 2.75) is 49.1 Å². The summed E-state index contributed by atoms with van der Waals surface area (Å²) < 4.78 is 42.7. The molecule has 2 fully saturated rings. The summed E-state index contributed by atoms with van der Waals surface area (Å²) >= 11 is 0. The Labute approximate surface area is 212 Å². The second-order valence-corrected chi connectivity index (χ2v) is 11.8. The summed E-state index contributed by atoms with van der Waals surface area (Å²) in [7, 11) is -3.69. The fourth-order valence-electron chi connectivity index (χ4n) is 5.77. The lowest BCUT2D eigenvalue weighted by molar-refractivity contribution is -0.136. The zero-order valence-electron chi connectivity index (χ0n) is 19.9. The molecule has 2 saturated heterocycles. The first-order chi connectivity index (χ1) is 17.7. The summed E-state index contributed by atoms with van der Waals surface area (Å²) in [5.41, 5.74) is 2.45. The second kappa shape index (κ2) is 8.77. The van der Waals surface area contributed by atoms with Gasteiger partial charge in [0.15, 0.2) is 0 Å². The van der Waals surface area contributed by atoms with E-state index < -0.39 is 33.7 Å². The van der Waals surface area contributed by atoms with Crippen LogP contribution in [-0.2, 0) is 26.2 Å². The molecular formula is C26H25FN4O5S. The van der Waals surface area contributed by atoms with Crippen LogP contribution in [-0.4, -0.2) is 59.5 Å². The SMILES string of the molecule is O=C1CCC(N2Cc3c(cc(F)cc3C3CCN(S(=O)(=O)c4ccc5[nH]ccc5c4)CC3)C2=O)C(=O)N1. The van der Waals surface area contributed by atoms with Crippen LogP contribution in [0.5, 0.6) is 0 Å². The first-order valence-corrected chi connectivity index (χ1v) is 13.7. The van der Waals surface area contributed by atoms with Gasteiger partial charge in [-0.2, -0.15) is 4.31 Å². The van der Waals surface area contributed by atoms with Gasteiger partial charge in [0, 0.05) is 48.7 Å². The third-order valence-electron chi connectivity index (χ3n) is 7.71. The molecule has 0 bridgehead atoms. The lowest BCUT2D eigenvalue weighted by Gasteiger charge is -2.32. The van der Waals surface area contributed by atoms with E-state index >= 15 is 0 Å². The predicted octanol–water partition coefficient (Wildman–Crippen LogP) is 2.64. The minimum absolute atomic E-state index is 0.127. The Bertz CT molecular complexity index is 1560. The van der Waals surface area contributed by atoms with Crippen molar-refractivity contribution in [1.29, 1.82) is 0 Å². The molecule has 1 unspecified atom stereocenters. The Morgan fingerprint density at radius 2 is 1.76 bits per heavy atom. The number of H-pyrrole nitrogens is 1. The molecule has 0 aliphatic carbocycles. The zero-order valence-corrected chi connectivity index (χ0v) is 20.7. The normalized spacial score (nSPS) is 21.5. The maximum absolute atomic E-state index is 14.6. The molecule has 9 nitrogen and oxygen atoms in total. The van der Waals surface area contributed by atoms with Gasteiger partial charge in [-0.3, -0.25) is 19.7 Å². The van der Waals surface area contributed by atoms with E-state index in [2.05, 4.69) is 10.3 Å². The molecule has 0 saturated carbocycles. The number of hydrogen-bond donors (Lipinski definition) is 2. The maximum atomic E-state index is 14.6. The zero-order chi connectivity index (χ0) is 25.9. The van der Waals surface area contributed by atoms with E-state index in [-0.39, 0.29) is 54.8 Å². The number of piperidine rings is 2. The van der Waals surface area contributed by atoms with Crippen molar-refractivity contribution < 1.29 is 27.2 Å². The van der Waals surface area contributed by atoms with Gasteiger partial charge in [0.2, 0.25) is 21.8 Å². The number of halogens is 1. The smallest absolute Gasteiger partial charge is 0.255 e. The molecule has 3 aliphatic heterocycles. The van der Waals surface area contributed by atoms with Crippen molar-refractivity contribution in [3.05, 3.63) is 65.1 Å². The van der Waals surface area contributed by atoms with Crippen LogP contribution < -0.4 is 5.32 Å². The molecule has 3 amide bonds. The van der Waals surface area contributed by atoms with Crippen molar-refractivity contribution in [1.82, 2.24) is 19.5 Å². The van der Waals surface area contributed by atoms with Crippen LogP contribution in [0.3, 0.4) is 0 Å². The number of imide groups is 1. The minimum Gasteiger partial charge on any atom is -0.361 e. The molecule has 3 aromatic rings. The number of amides is 3. The van der Waals surface area contributed by atoms with E-state index in [4.69, 9.17) is 0 Å². The van der Waals surface area contributed by atoms with Gasteiger partial charge in [-0.15, -0.1) is 0 Å². The van der Waals surface area contributed by atoms with Crippen LogP contribution in [0.15, 0.2) is 47.5 Å². The number of sulfonamides is 1. The number of hydrogen-bond acceptors (Lipinski definition) is 5. The molecular weight excluding hydrogens is 499 g/mol. The van der Waals surface area contributed by atoms with Gasteiger partial charge in [0.25, 0.3) is 5.91 Å². The summed E-state index contributed by atoms with van der Waals surface area (Å²) in [6.45, 7) is 0.702. The fourth-order valence-corrected chi connectivity index (χ4v) is 7.27. The first kappa shape index (κ1) is 23.8. The number of nitrogens with one attached hydrogen (secondary N) is 2. The molecule has 1 aromatic heterocycles. The molecule has 11 heteroatoms. The van der Waals surface area contributed by atoms with E-state index in [9.17, 15) is 27.2 Å². The molecule has 1 atom stereocenters. The Morgan fingerprint density at radius 1 is 0.973 bits per heavy atom. The Balaban J connectivity index is 1.22. The highest BCUT2D eigenvalue weighted by Gasteiger charge is 2.41. The van der Waals surface area contributed by atoms with Crippen LogP contribution in [0.4, 0.5) is 4.39 Å². The highest BCUT2D eigenvalue weighted by molar-refractivity contribution is 7.89. The van der Waals surface area contributed by atoms with Gasteiger partial charge in [-0.05, 0) is 72.7 Å². The summed E-state index contributed by atoms with van der Waals surface area (Å²) in [5.74, 6) is -1.98. The molecule has 0 spiro atoms. The van der Waals surface area contributed by atoms with E-state index in [1.165, 1.54) is 21.3 Å². The van der Waals surface area contributed by atoms with Crippen molar-refractivity contribution in [3.8, 4) is 0 Å². The van der Waals surface area contributed by atoms with Crippen molar-refractivity contribution >= 4 is 38.6 Å². The maximum Gasteiger partial charge on any atom is 0.255 e. The molecule has 6 rings (SSSR count). The summed E-state index contributed by atoms with van der Waals surface area (Å²) in [6.07, 6.45) is 3.09. The number of aromatic amines is 1. The third-order valence-corrected chi connectivity index (χ3v) is 9.61. The van der Waals surface area contributed by atoms with Crippen LogP contribution in [0, 0.1) is 5.82 Å². The lowest BCUT2D eigenvalue weighted by atomic mass is 9.86. The number of nitrogens with zero attached hydrogens (tertiary/aromatic N) is 2. The molecule has 192 valence electrons. The van der Waals surface area contributed by atoms with Crippen LogP contribution in [0.2, 0.25) is 0 Å². The van der Waals surface area contributed by atoms with Gasteiger partial charge in [-0.25, -0.2) is 12.8 Å². The van der Waals surface area contributed by atoms with E-state index in [0.29, 0.717) is 24.0 Å². The fraction of sp³-hybridized carbons (Fsp3) is 0.346. The Morgan fingerprint density at radius 3 is 2.51 bits per heavy atom. The van der Waals surface area contributed by atoms with Gasteiger partial charge in [0.05, 0.1) is 4.90 Å². The number of rotatable bonds is 4. The van der Waals surface area contributed by atoms with Gasteiger partial charge < -0.3 is 9.88 Å². The van der Waals surface area contributed by atoms with E-state index in [0.717, 1.165) is 10.9 Å². The standard InChI is InChI=1S/C26H25FN4O5S/c27-17-12-19(21-14-31(26(34)20(21)13-17)23-3-4-24(32)29-25(23)33)15-6-9-30(10-7-15)37(35,36)18-1-2-22-16(11-18)5-8-28-22/h1-2,5,8,11-13,15,23,28H,3-4,6-7,9-10,14H2,(H,29,32,33). The number of benzene rings is 2. The largest absolute Gasteiger partial charge is 0.361 e. The number of aromatic nitrogens is 1. The van der Waals surface area contributed by atoms with Crippen LogP contribution >= 0.6 is 0 Å². The topological polar surface area (TPSA) is 120 Å². The highest BCUT2D eigenvalue weighted by Crippen LogP contribution is 2.38. The Kier molecular flexibility index (Phi) is 5.64. The number of carbonyl (C=O) groups excluding carboxylic acids is 3. The number of fused-ring (bicyclic) bond motifs is 2. The van der Waals surface area contributed by atoms with Gasteiger partial charge >= 0.3 is 0 Å². The first-order valence-electron chi connectivity index (χ1n) is 12.3. The average molecular weight is 525 g/mol. The molecule has 4 heterocycles. The minimum atomic E-state index is -3.69. The second-order valence-electron chi connectivity index (χ2n) is 9.83. The molecule has 2 N–H and O–H groups in total. The van der Waals surface area contributed by atoms with Crippen LogP contribution in [0.1, 0.15) is 53.1 Å². The average Bonchev–Trinajstić information content (AvgIpc) is 3.48. The molecule has 3 aliphatic rings. The highest BCUT2D eigenvalue weighted by atomic mass is 32.2. The van der Waals surface area contributed by atoms with Crippen molar-refractivity contribution in [2.75, 3.05) is 13.1 Å². The predicted molar refractivity (Wildman–Crippen MR) is 131 cm³/mol. The quantitative estimate of drug-likeness (QED) is 0.509. The van der Waals surface area contributed by atoms with E-state index in [1.807, 2.05) is 6.07 Å². The van der Waals surface area contributed by atoms with Crippen molar-refractivity contribution in [2.24, 2.45) is 0 Å². The molecule has 37 heavy (non-hydrogen) atoms. The van der Waals surface area contributed by atoms with Gasteiger partial charge in [0.1, 0.15) is 11.9 Å².